The number of nitrogens with one attached hydrogen (secondary N) is 2. The summed E-state index contributed by atoms with van der Waals surface area (Å²) in [6.45, 7) is 1.91. The molecule has 2 aromatic heterocycles. The van der Waals surface area contributed by atoms with Gasteiger partial charge < -0.3 is 10.7 Å². The van der Waals surface area contributed by atoms with Crippen molar-refractivity contribution in [3.05, 3.63) is 50.9 Å². The Morgan fingerprint density at radius 2 is 2.10 bits per heavy atom. The molecule has 0 aliphatic rings. The van der Waals surface area contributed by atoms with E-state index in [2.05, 4.69) is 15.0 Å². The van der Waals surface area contributed by atoms with Crippen LogP contribution in [-0.4, -0.2) is 15.0 Å². The second-order valence-electron chi connectivity index (χ2n) is 4.63. The van der Waals surface area contributed by atoms with Crippen molar-refractivity contribution in [3.8, 4) is 0 Å². The minimum atomic E-state index is -0.233. The van der Waals surface area contributed by atoms with Crippen LogP contribution in [0.4, 0.5) is 5.95 Å². The molecule has 108 valence electrons. The molecule has 0 unspecified atom stereocenters. The molecular formula is C14H13ClN4OS. The Morgan fingerprint density at radius 3 is 2.86 bits per heavy atom. The Morgan fingerprint density at radius 1 is 1.33 bits per heavy atom. The van der Waals surface area contributed by atoms with Gasteiger partial charge in [-0.25, -0.2) is 0 Å². The van der Waals surface area contributed by atoms with E-state index in [0.717, 1.165) is 21.2 Å². The van der Waals surface area contributed by atoms with Gasteiger partial charge in [-0.05, 0) is 18.6 Å². The number of fused-ring (bicyclic) bond motifs is 1. The Bertz CT molecular complexity index is 871. The molecule has 3 rings (SSSR count). The molecule has 5 nitrogen and oxygen atoms in total. The first-order valence-corrected chi connectivity index (χ1v) is 7.67. The van der Waals surface area contributed by atoms with Crippen LogP contribution in [0, 0.1) is 6.92 Å². The van der Waals surface area contributed by atoms with Gasteiger partial charge in [0.25, 0.3) is 5.56 Å². The van der Waals surface area contributed by atoms with E-state index in [0.29, 0.717) is 16.8 Å². The van der Waals surface area contributed by atoms with Gasteiger partial charge in [-0.1, -0.05) is 29.8 Å². The van der Waals surface area contributed by atoms with E-state index in [9.17, 15) is 4.79 Å². The van der Waals surface area contributed by atoms with E-state index >= 15 is 0 Å². The van der Waals surface area contributed by atoms with Gasteiger partial charge in [-0.3, -0.25) is 9.78 Å². The molecule has 0 saturated carbocycles. The summed E-state index contributed by atoms with van der Waals surface area (Å²) >= 11 is 7.71. The van der Waals surface area contributed by atoms with Crippen molar-refractivity contribution in [3.63, 3.8) is 0 Å². The average Bonchev–Trinajstić information content (AvgIpc) is 2.73. The summed E-state index contributed by atoms with van der Waals surface area (Å²) < 4.78 is 0. The number of halogens is 1. The van der Waals surface area contributed by atoms with Crippen molar-refractivity contribution < 1.29 is 0 Å². The van der Waals surface area contributed by atoms with Crippen molar-refractivity contribution in [1.82, 2.24) is 15.0 Å². The highest BCUT2D eigenvalue weighted by Crippen LogP contribution is 2.32. The third-order valence-corrected chi connectivity index (χ3v) is 4.76. The number of aromatic amines is 2. The Labute approximate surface area is 129 Å². The van der Waals surface area contributed by atoms with Crippen LogP contribution in [0.5, 0.6) is 0 Å². The SMILES string of the molecule is Cc1[nH]c2nc(N)[nH]c(=O)c2c1SCc1ccccc1Cl. The normalized spacial score (nSPS) is 11.1. The van der Waals surface area contributed by atoms with Gasteiger partial charge in [0, 0.05) is 21.4 Å². The monoisotopic (exact) mass is 320 g/mol. The van der Waals surface area contributed by atoms with E-state index in [1.165, 1.54) is 0 Å². The van der Waals surface area contributed by atoms with Crippen LogP contribution in [0.3, 0.4) is 0 Å². The van der Waals surface area contributed by atoms with Gasteiger partial charge in [-0.15, -0.1) is 11.8 Å². The summed E-state index contributed by atoms with van der Waals surface area (Å²) in [7, 11) is 0. The zero-order chi connectivity index (χ0) is 15.0. The maximum absolute atomic E-state index is 12.1. The fourth-order valence-electron chi connectivity index (χ4n) is 2.16. The molecule has 0 aliphatic carbocycles. The summed E-state index contributed by atoms with van der Waals surface area (Å²) in [4.78, 5) is 22.7. The average molecular weight is 321 g/mol. The third-order valence-electron chi connectivity index (χ3n) is 3.14. The number of aryl methyl sites for hydroxylation is 1. The quantitative estimate of drug-likeness (QED) is 0.647. The van der Waals surface area contributed by atoms with Crippen LogP contribution in [0.15, 0.2) is 34.0 Å². The fourth-order valence-corrected chi connectivity index (χ4v) is 3.59. The van der Waals surface area contributed by atoms with Crippen molar-refractivity contribution in [2.75, 3.05) is 5.73 Å². The largest absolute Gasteiger partial charge is 0.369 e. The van der Waals surface area contributed by atoms with Crippen LogP contribution >= 0.6 is 23.4 Å². The first-order chi connectivity index (χ1) is 10.1. The van der Waals surface area contributed by atoms with Crippen LogP contribution < -0.4 is 11.3 Å². The van der Waals surface area contributed by atoms with E-state index in [-0.39, 0.29) is 11.5 Å². The molecule has 0 bridgehead atoms. The summed E-state index contributed by atoms with van der Waals surface area (Å²) in [6.07, 6.45) is 0. The fraction of sp³-hybridized carbons (Fsp3) is 0.143. The molecule has 7 heteroatoms. The number of H-pyrrole nitrogens is 2. The number of nitrogens with zero attached hydrogens (tertiary/aromatic N) is 1. The second-order valence-corrected chi connectivity index (χ2v) is 6.03. The van der Waals surface area contributed by atoms with Crippen LogP contribution in [0.2, 0.25) is 5.02 Å². The van der Waals surface area contributed by atoms with Crippen molar-refractivity contribution in [2.45, 2.75) is 17.6 Å². The Hall–Kier alpha value is -1.92. The highest BCUT2D eigenvalue weighted by atomic mass is 35.5. The number of anilines is 1. The summed E-state index contributed by atoms with van der Waals surface area (Å²) in [5.41, 5.74) is 7.75. The van der Waals surface area contributed by atoms with Gasteiger partial charge in [0.1, 0.15) is 5.65 Å². The predicted molar refractivity (Wildman–Crippen MR) is 86.9 cm³/mol. The van der Waals surface area contributed by atoms with Gasteiger partial charge in [0.15, 0.2) is 0 Å². The third kappa shape index (κ3) is 2.64. The number of rotatable bonds is 3. The van der Waals surface area contributed by atoms with Gasteiger partial charge in [0.2, 0.25) is 5.95 Å². The van der Waals surface area contributed by atoms with Gasteiger partial charge >= 0.3 is 0 Å². The molecule has 0 fully saturated rings. The number of nitrogen functional groups attached to an aromatic ring is 1. The minimum absolute atomic E-state index is 0.108. The highest BCUT2D eigenvalue weighted by Gasteiger charge is 2.14. The number of hydrogen-bond donors (Lipinski definition) is 3. The molecule has 3 aromatic rings. The summed E-state index contributed by atoms with van der Waals surface area (Å²) in [5, 5.41) is 1.26. The Kier molecular flexibility index (Phi) is 3.65. The van der Waals surface area contributed by atoms with E-state index in [1.807, 2.05) is 31.2 Å². The molecule has 0 aliphatic heterocycles. The van der Waals surface area contributed by atoms with E-state index in [4.69, 9.17) is 17.3 Å². The predicted octanol–water partition coefficient (Wildman–Crippen LogP) is 3.09. The molecule has 1 aromatic carbocycles. The maximum atomic E-state index is 12.1. The number of hydrogen-bond acceptors (Lipinski definition) is 4. The maximum Gasteiger partial charge on any atom is 0.262 e. The van der Waals surface area contributed by atoms with Crippen molar-refractivity contribution in [2.24, 2.45) is 0 Å². The summed E-state index contributed by atoms with van der Waals surface area (Å²) in [5.74, 6) is 0.786. The van der Waals surface area contributed by atoms with Gasteiger partial charge in [0.05, 0.1) is 5.39 Å². The minimum Gasteiger partial charge on any atom is -0.369 e. The lowest BCUT2D eigenvalue weighted by Crippen LogP contribution is -2.10. The van der Waals surface area contributed by atoms with Crippen LogP contribution in [0.1, 0.15) is 11.3 Å². The topological polar surface area (TPSA) is 87.6 Å². The van der Waals surface area contributed by atoms with Crippen LogP contribution in [0.25, 0.3) is 11.0 Å². The zero-order valence-electron chi connectivity index (χ0n) is 11.2. The molecule has 21 heavy (non-hydrogen) atoms. The first-order valence-electron chi connectivity index (χ1n) is 6.30. The number of nitrogens with two attached hydrogens (primary N) is 1. The standard InChI is InChI=1S/C14H13ClN4OS/c1-7-11(21-6-8-4-2-3-5-9(8)15)10-12(17-7)18-14(16)19-13(10)20/h2-5H,6H2,1H3,(H4,16,17,18,19,20). The van der Waals surface area contributed by atoms with E-state index < -0.39 is 0 Å². The number of thioether (sulfide) groups is 1. The van der Waals surface area contributed by atoms with Crippen molar-refractivity contribution in [1.29, 1.82) is 0 Å². The lowest BCUT2D eigenvalue weighted by Gasteiger charge is -2.04. The first kappa shape index (κ1) is 14.0. The lowest BCUT2D eigenvalue weighted by atomic mass is 10.2. The molecule has 0 saturated heterocycles. The smallest absolute Gasteiger partial charge is 0.262 e. The molecule has 0 spiro atoms. The molecule has 0 amide bonds. The second kappa shape index (κ2) is 5.46. The Balaban J connectivity index is 2.00. The number of aromatic nitrogens is 3. The van der Waals surface area contributed by atoms with Crippen LogP contribution in [-0.2, 0) is 5.75 Å². The molecule has 0 atom stereocenters. The molecule has 4 N–H and O–H groups in total. The molecule has 0 radical (unpaired) electrons. The zero-order valence-corrected chi connectivity index (χ0v) is 12.8. The number of benzene rings is 1. The van der Waals surface area contributed by atoms with Gasteiger partial charge in [-0.2, -0.15) is 4.98 Å². The molecule has 2 heterocycles. The van der Waals surface area contributed by atoms with E-state index in [1.54, 1.807) is 11.8 Å². The summed E-state index contributed by atoms with van der Waals surface area (Å²) in [6, 6.07) is 7.67. The van der Waals surface area contributed by atoms with Crippen molar-refractivity contribution >= 4 is 40.3 Å². The lowest BCUT2D eigenvalue weighted by molar-refractivity contribution is 1.17. The highest BCUT2D eigenvalue weighted by molar-refractivity contribution is 7.98. The molecular weight excluding hydrogens is 308 g/mol.